The molecule has 0 radical (unpaired) electrons. The van der Waals surface area contributed by atoms with Gasteiger partial charge in [-0.15, -0.1) is 0 Å². The van der Waals surface area contributed by atoms with E-state index < -0.39 is 11.7 Å². The van der Waals surface area contributed by atoms with Crippen LogP contribution in [0.4, 0.5) is 4.79 Å². The summed E-state index contributed by atoms with van der Waals surface area (Å²) in [5.74, 6) is 0.402. The molecule has 0 unspecified atom stereocenters. The van der Waals surface area contributed by atoms with E-state index in [1.807, 2.05) is 20.8 Å². The maximum atomic E-state index is 11.3. The summed E-state index contributed by atoms with van der Waals surface area (Å²) >= 11 is 0. The molecule has 1 aliphatic rings. The Morgan fingerprint density at radius 2 is 2.06 bits per heavy atom. The highest BCUT2D eigenvalue weighted by Gasteiger charge is 2.28. The molecule has 0 heterocycles. The Labute approximate surface area is 102 Å². The Balaban J connectivity index is 1.96. The molecule has 1 aliphatic carbocycles. The Bertz CT molecular complexity index is 243. The van der Waals surface area contributed by atoms with Gasteiger partial charge in [0.15, 0.2) is 0 Å². The lowest BCUT2D eigenvalue weighted by Gasteiger charge is -2.33. The molecule has 1 rings (SSSR count). The molecule has 5 nitrogen and oxygen atoms in total. The number of alkyl carbamates (subject to hydrolysis) is 1. The normalized spacial score (nSPS) is 24.0. The van der Waals surface area contributed by atoms with Crippen molar-refractivity contribution in [3.05, 3.63) is 0 Å². The number of carbonyl (C=O) groups is 1. The largest absolute Gasteiger partial charge is 0.444 e. The van der Waals surface area contributed by atoms with Gasteiger partial charge in [0.05, 0.1) is 12.7 Å². The highest BCUT2D eigenvalue weighted by atomic mass is 16.6. The molecule has 0 atom stereocenters. The van der Waals surface area contributed by atoms with Gasteiger partial charge < -0.3 is 19.9 Å². The van der Waals surface area contributed by atoms with Gasteiger partial charge in [-0.25, -0.2) is 4.79 Å². The lowest BCUT2D eigenvalue weighted by atomic mass is 9.83. The summed E-state index contributed by atoms with van der Waals surface area (Å²) in [4.78, 5) is 11.3. The van der Waals surface area contributed by atoms with E-state index in [0.29, 0.717) is 19.1 Å². The van der Waals surface area contributed by atoms with E-state index in [1.54, 1.807) is 0 Å². The maximum Gasteiger partial charge on any atom is 0.407 e. The van der Waals surface area contributed by atoms with Crippen molar-refractivity contribution in [2.24, 2.45) is 5.92 Å². The van der Waals surface area contributed by atoms with E-state index >= 15 is 0 Å². The molecule has 1 amide bonds. The van der Waals surface area contributed by atoms with Crippen LogP contribution >= 0.6 is 0 Å². The summed E-state index contributed by atoms with van der Waals surface area (Å²) in [5, 5.41) is 11.5. The van der Waals surface area contributed by atoms with E-state index in [9.17, 15) is 4.79 Å². The Morgan fingerprint density at radius 1 is 1.41 bits per heavy atom. The fourth-order valence-electron chi connectivity index (χ4n) is 1.65. The average Bonchev–Trinajstić information content (AvgIpc) is 2.11. The van der Waals surface area contributed by atoms with E-state index in [4.69, 9.17) is 14.6 Å². The second-order valence-corrected chi connectivity index (χ2v) is 5.44. The smallest absolute Gasteiger partial charge is 0.407 e. The quantitative estimate of drug-likeness (QED) is 0.716. The topological polar surface area (TPSA) is 67.8 Å². The van der Waals surface area contributed by atoms with Gasteiger partial charge in [0.1, 0.15) is 5.60 Å². The van der Waals surface area contributed by atoms with Crippen LogP contribution in [-0.2, 0) is 9.47 Å². The molecular weight excluding hydrogens is 222 g/mol. The highest BCUT2D eigenvalue weighted by molar-refractivity contribution is 5.67. The van der Waals surface area contributed by atoms with Crippen molar-refractivity contribution < 1.29 is 19.4 Å². The van der Waals surface area contributed by atoms with Crippen LogP contribution in [-0.4, -0.2) is 42.7 Å². The first-order valence-corrected chi connectivity index (χ1v) is 6.10. The Kier molecular flexibility index (Phi) is 5.21. The summed E-state index contributed by atoms with van der Waals surface area (Å²) in [6, 6.07) is 0. The first-order chi connectivity index (χ1) is 7.90. The second kappa shape index (κ2) is 6.21. The number of aliphatic hydroxyl groups excluding tert-OH is 1. The molecule has 0 spiro atoms. The molecule has 100 valence electrons. The van der Waals surface area contributed by atoms with Gasteiger partial charge in [0, 0.05) is 13.2 Å². The van der Waals surface area contributed by atoms with E-state index in [-0.39, 0.29) is 12.7 Å². The van der Waals surface area contributed by atoms with Gasteiger partial charge in [-0.05, 0) is 39.5 Å². The molecule has 2 N–H and O–H groups in total. The predicted molar refractivity (Wildman–Crippen MR) is 63.8 cm³/mol. The molecule has 17 heavy (non-hydrogen) atoms. The van der Waals surface area contributed by atoms with E-state index in [1.165, 1.54) is 0 Å². The highest BCUT2D eigenvalue weighted by Crippen LogP contribution is 2.29. The van der Waals surface area contributed by atoms with Crippen molar-refractivity contribution >= 4 is 6.09 Å². The molecule has 0 saturated heterocycles. The lowest BCUT2D eigenvalue weighted by molar-refractivity contribution is -0.0435. The van der Waals surface area contributed by atoms with Crippen LogP contribution in [0.15, 0.2) is 0 Å². The molecular formula is C12H23NO4. The minimum absolute atomic E-state index is 0.243. The van der Waals surface area contributed by atoms with E-state index in [2.05, 4.69) is 5.32 Å². The zero-order chi connectivity index (χ0) is 12.9. The van der Waals surface area contributed by atoms with Crippen LogP contribution < -0.4 is 5.32 Å². The van der Waals surface area contributed by atoms with Crippen LogP contribution in [0.1, 0.15) is 33.6 Å². The van der Waals surface area contributed by atoms with Gasteiger partial charge in [-0.3, -0.25) is 0 Å². The summed E-state index contributed by atoms with van der Waals surface area (Å²) in [5.41, 5.74) is -0.465. The molecule has 0 aromatic carbocycles. The lowest BCUT2D eigenvalue weighted by Crippen LogP contribution is -2.37. The van der Waals surface area contributed by atoms with Crippen LogP contribution in [0.5, 0.6) is 0 Å². The fourth-order valence-corrected chi connectivity index (χ4v) is 1.65. The third kappa shape index (κ3) is 5.89. The third-order valence-electron chi connectivity index (χ3n) is 2.57. The van der Waals surface area contributed by atoms with Gasteiger partial charge >= 0.3 is 6.09 Å². The monoisotopic (exact) mass is 245 g/mol. The summed E-state index contributed by atoms with van der Waals surface area (Å²) < 4.78 is 10.6. The molecule has 1 saturated carbocycles. The third-order valence-corrected chi connectivity index (χ3v) is 2.57. The molecule has 1 fully saturated rings. The zero-order valence-corrected chi connectivity index (χ0v) is 10.9. The number of amides is 1. The first kappa shape index (κ1) is 14.3. The van der Waals surface area contributed by atoms with Crippen molar-refractivity contribution in [1.82, 2.24) is 5.32 Å². The summed E-state index contributed by atoms with van der Waals surface area (Å²) in [6.45, 7) is 6.67. The number of hydrogen-bond acceptors (Lipinski definition) is 4. The van der Waals surface area contributed by atoms with Gasteiger partial charge in [0.2, 0.25) is 0 Å². The van der Waals surface area contributed by atoms with Crippen molar-refractivity contribution in [3.63, 3.8) is 0 Å². The summed E-state index contributed by atoms with van der Waals surface area (Å²) in [6.07, 6.45) is 1.67. The van der Waals surface area contributed by atoms with Crippen molar-refractivity contribution in [2.75, 3.05) is 19.8 Å². The predicted octanol–water partition coefficient (Wildman–Crippen LogP) is 1.30. The Morgan fingerprint density at radius 3 is 2.59 bits per heavy atom. The molecule has 5 heteroatoms. The number of ether oxygens (including phenoxy) is 2. The van der Waals surface area contributed by atoms with Crippen LogP contribution in [0.25, 0.3) is 0 Å². The summed E-state index contributed by atoms with van der Waals surface area (Å²) in [7, 11) is 0. The van der Waals surface area contributed by atoms with Crippen molar-refractivity contribution in [3.8, 4) is 0 Å². The second-order valence-electron chi connectivity index (χ2n) is 5.44. The molecule has 0 aromatic rings. The maximum absolute atomic E-state index is 11.3. The van der Waals surface area contributed by atoms with Crippen molar-refractivity contribution in [2.45, 2.75) is 45.3 Å². The number of aliphatic hydroxyl groups is 1. The van der Waals surface area contributed by atoms with Crippen LogP contribution in [0.2, 0.25) is 0 Å². The van der Waals surface area contributed by atoms with Gasteiger partial charge in [-0.1, -0.05) is 0 Å². The number of nitrogens with one attached hydrogen (secondary N) is 1. The average molecular weight is 245 g/mol. The number of carbonyl (C=O) groups excluding carboxylic acids is 1. The molecule has 0 bridgehead atoms. The number of hydrogen-bond donors (Lipinski definition) is 2. The molecule has 0 aliphatic heterocycles. The van der Waals surface area contributed by atoms with Crippen molar-refractivity contribution in [1.29, 1.82) is 0 Å². The van der Waals surface area contributed by atoms with Gasteiger partial charge in [0.25, 0.3) is 0 Å². The van der Waals surface area contributed by atoms with Gasteiger partial charge in [-0.2, -0.15) is 0 Å². The SMILES string of the molecule is CC(C)(C)OC(=O)NCCOC1CC(CO)C1. The zero-order valence-electron chi connectivity index (χ0n) is 10.9. The minimum atomic E-state index is -0.465. The van der Waals surface area contributed by atoms with Crippen LogP contribution in [0.3, 0.4) is 0 Å². The number of rotatable bonds is 5. The first-order valence-electron chi connectivity index (χ1n) is 6.10. The molecule has 0 aromatic heterocycles. The fraction of sp³-hybridized carbons (Fsp3) is 0.917. The minimum Gasteiger partial charge on any atom is -0.444 e. The Hall–Kier alpha value is -0.810. The standard InChI is InChI=1S/C12H23NO4/c1-12(2,3)17-11(15)13-4-5-16-10-6-9(7-10)8-14/h9-10,14H,4-8H2,1-3H3,(H,13,15). The van der Waals surface area contributed by atoms with E-state index in [0.717, 1.165) is 12.8 Å². The van der Waals surface area contributed by atoms with Crippen LogP contribution in [0, 0.1) is 5.92 Å².